The van der Waals surface area contributed by atoms with E-state index >= 15 is 0 Å². The molecule has 2 aromatic rings. The van der Waals surface area contributed by atoms with E-state index in [1.54, 1.807) is 19.1 Å². The van der Waals surface area contributed by atoms with Crippen LogP contribution in [0.1, 0.15) is 11.1 Å². The van der Waals surface area contributed by atoms with Gasteiger partial charge in [-0.25, -0.2) is 13.2 Å². The van der Waals surface area contributed by atoms with Crippen molar-refractivity contribution in [3.8, 4) is 0 Å². The third-order valence-electron chi connectivity index (χ3n) is 2.15. The number of halogens is 4. The molecule has 0 radical (unpaired) electrons. The summed E-state index contributed by atoms with van der Waals surface area (Å²) in [6, 6.07) is 8.53. The molecule has 0 aliphatic carbocycles. The lowest BCUT2D eigenvalue weighted by Crippen LogP contribution is -1.82. The first-order valence-corrected chi connectivity index (χ1v) is 5.61. The van der Waals surface area contributed by atoms with E-state index in [9.17, 15) is 13.2 Å². The van der Waals surface area contributed by atoms with Crippen LogP contribution in [-0.2, 0) is 0 Å². The zero-order valence-electron chi connectivity index (χ0n) is 9.98. The Morgan fingerprint density at radius 3 is 1.61 bits per heavy atom. The van der Waals surface area contributed by atoms with Gasteiger partial charge in [0.15, 0.2) is 11.6 Å². The normalized spacial score (nSPS) is 9.67. The van der Waals surface area contributed by atoms with Crippen LogP contribution in [0.15, 0.2) is 36.4 Å². The fraction of sp³-hybridized carbons (Fsp3) is 0.143. The molecule has 0 saturated heterocycles. The third kappa shape index (κ3) is 4.41. The summed E-state index contributed by atoms with van der Waals surface area (Å²) in [5.74, 6) is -1.92. The molecule has 0 aliphatic heterocycles. The van der Waals surface area contributed by atoms with E-state index in [1.165, 1.54) is 12.1 Å². The molecular formula is C14H12ClF3. The molecule has 0 fully saturated rings. The highest BCUT2D eigenvalue weighted by molar-refractivity contribution is 6.30. The number of benzene rings is 2. The van der Waals surface area contributed by atoms with Crippen LogP contribution in [0.5, 0.6) is 0 Å². The molecule has 0 bridgehead atoms. The van der Waals surface area contributed by atoms with E-state index in [4.69, 9.17) is 11.6 Å². The van der Waals surface area contributed by atoms with Gasteiger partial charge in [-0.05, 0) is 49.2 Å². The van der Waals surface area contributed by atoms with Crippen molar-refractivity contribution in [2.24, 2.45) is 0 Å². The van der Waals surface area contributed by atoms with Gasteiger partial charge in [-0.2, -0.15) is 0 Å². The van der Waals surface area contributed by atoms with Crippen molar-refractivity contribution in [3.63, 3.8) is 0 Å². The molecule has 0 amide bonds. The van der Waals surface area contributed by atoms with Crippen LogP contribution in [0.4, 0.5) is 13.2 Å². The van der Waals surface area contributed by atoms with Gasteiger partial charge in [-0.1, -0.05) is 23.7 Å². The van der Waals surface area contributed by atoms with E-state index in [1.807, 2.05) is 6.92 Å². The summed E-state index contributed by atoms with van der Waals surface area (Å²) in [5, 5.41) is 0.181. The summed E-state index contributed by atoms with van der Waals surface area (Å²) < 4.78 is 36.8. The Bertz CT molecular complexity index is 489. The first kappa shape index (κ1) is 14.6. The molecule has 0 spiro atoms. The Morgan fingerprint density at radius 1 is 0.722 bits per heavy atom. The van der Waals surface area contributed by atoms with Crippen LogP contribution in [0.3, 0.4) is 0 Å². The maximum atomic E-state index is 12.4. The summed E-state index contributed by atoms with van der Waals surface area (Å²) in [6.07, 6.45) is 0. The first-order chi connectivity index (χ1) is 8.40. The van der Waals surface area contributed by atoms with Crippen molar-refractivity contribution in [1.29, 1.82) is 0 Å². The van der Waals surface area contributed by atoms with Gasteiger partial charge < -0.3 is 0 Å². The average Bonchev–Trinajstić information content (AvgIpc) is 2.30. The zero-order valence-corrected chi connectivity index (χ0v) is 10.7. The van der Waals surface area contributed by atoms with Gasteiger partial charge >= 0.3 is 0 Å². The Hall–Kier alpha value is -1.48. The van der Waals surface area contributed by atoms with Gasteiger partial charge in [0.2, 0.25) is 0 Å². The van der Waals surface area contributed by atoms with Crippen molar-refractivity contribution in [1.82, 2.24) is 0 Å². The molecule has 2 aromatic carbocycles. The lowest BCUT2D eigenvalue weighted by Gasteiger charge is -1.92. The molecule has 0 aromatic heterocycles. The minimum absolute atomic E-state index is 0.181. The lowest BCUT2D eigenvalue weighted by molar-refractivity contribution is 0.508. The minimum atomic E-state index is -0.791. The van der Waals surface area contributed by atoms with E-state index < -0.39 is 11.6 Å². The molecule has 18 heavy (non-hydrogen) atoms. The molecule has 0 saturated carbocycles. The van der Waals surface area contributed by atoms with Gasteiger partial charge in [0, 0.05) is 0 Å². The molecular weight excluding hydrogens is 261 g/mol. The standard InChI is InChI=1S/C7H6ClF.C7H6F2/c2*1-5-2-3-6(8)7(9)4-5/h2*2-4H,1H3. The number of hydrogen-bond donors (Lipinski definition) is 0. The van der Waals surface area contributed by atoms with Crippen molar-refractivity contribution >= 4 is 11.6 Å². The Morgan fingerprint density at radius 2 is 1.22 bits per heavy atom. The molecule has 0 N–H and O–H groups in total. The van der Waals surface area contributed by atoms with Crippen molar-refractivity contribution in [2.75, 3.05) is 0 Å². The van der Waals surface area contributed by atoms with Gasteiger partial charge in [0.05, 0.1) is 5.02 Å². The van der Waals surface area contributed by atoms with E-state index in [2.05, 4.69) is 0 Å². The van der Waals surface area contributed by atoms with Gasteiger partial charge in [0.25, 0.3) is 0 Å². The maximum Gasteiger partial charge on any atom is 0.159 e. The summed E-state index contributed by atoms with van der Waals surface area (Å²) >= 11 is 5.41. The fourth-order valence-corrected chi connectivity index (χ4v) is 1.32. The largest absolute Gasteiger partial charge is 0.205 e. The zero-order chi connectivity index (χ0) is 13.7. The smallest absolute Gasteiger partial charge is 0.159 e. The quantitative estimate of drug-likeness (QED) is 0.629. The van der Waals surface area contributed by atoms with Crippen LogP contribution < -0.4 is 0 Å². The molecule has 0 atom stereocenters. The first-order valence-electron chi connectivity index (χ1n) is 5.23. The number of rotatable bonds is 0. The minimum Gasteiger partial charge on any atom is -0.205 e. The van der Waals surface area contributed by atoms with E-state index in [0.29, 0.717) is 0 Å². The lowest BCUT2D eigenvalue weighted by atomic mass is 10.2. The molecule has 2 rings (SSSR count). The molecule has 0 heterocycles. The predicted molar refractivity (Wildman–Crippen MR) is 67.2 cm³/mol. The highest BCUT2D eigenvalue weighted by Crippen LogP contribution is 2.14. The second kappa shape index (κ2) is 6.45. The Labute approximate surface area is 109 Å². The highest BCUT2D eigenvalue weighted by Gasteiger charge is 1.97. The average molecular weight is 273 g/mol. The van der Waals surface area contributed by atoms with Crippen LogP contribution in [0, 0.1) is 31.3 Å². The van der Waals surface area contributed by atoms with Gasteiger partial charge in [-0.15, -0.1) is 0 Å². The number of aryl methyl sites for hydroxylation is 2. The van der Waals surface area contributed by atoms with Crippen molar-refractivity contribution in [3.05, 3.63) is 70.0 Å². The molecule has 96 valence electrons. The summed E-state index contributed by atoms with van der Waals surface area (Å²) in [7, 11) is 0. The van der Waals surface area contributed by atoms with Crippen molar-refractivity contribution in [2.45, 2.75) is 13.8 Å². The second-order valence-corrected chi connectivity index (χ2v) is 4.24. The van der Waals surface area contributed by atoms with Crippen molar-refractivity contribution < 1.29 is 13.2 Å². The van der Waals surface area contributed by atoms with Gasteiger partial charge in [0.1, 0.15) is 5.82 Å². The predicted octanol–water partition coefficient (Wildman–Crippen LogP) is 5.06. The van der Waals surface area contributed by atoms with Crippen LogP contribution in [0.2, 0.25) is 5.02 Å². The Balaban J connectivity index is 0.000000180. The maximum absolute atomic E-state index is 12.4. The van der Waals surface area contributed by atoms with Crippen LogP contribution in [0.25, 0.3) is 0 Å². The fourth-order valence-electron chi connectivity index (χ4n) is 1.20. The topological polar surface area (TPSA) is 0 Å². The molecule has 0 unspecified atom stereocenters. The SMILES string of the molecule is Cc1ccc(Cl)c(F)c1.Cc1ccc(F)c(F)c1. The highest BCUT2D eigenvalue weighted by atomic mass is 35.5. The van der Waals surface area contributed by atoms with E-state index in [-0.39, 0.29) is 10.8 Å². The molecule has 4 heteroatoms. The van der Waals surface area contributed by atoms with E-state index in [0.717, 1.165) is 23.3 Å². The molecule has 0 aliphatic rings. The summed E-state index contributed by atoms with van der Waals surface area (Å²) in [5.41, 5.74) is 1.62. The van der Waals surface area contributed by atoms with Gasteiger partial charge in [-0.3, -0.25) is 0 Å². The molecule has 0 nitrogen and oxygen atoms in total. The summed E-state index contributed by atoms with van der Waals surface area (Å²) in [4.78, 5) is 0. The Kier molecular flexibility index (Phi) is 5.23. The van der Waals surface area contributed by atoms with Crippen LogP contribution >= 0.6 is 11.6 Å². The second-order valence-electron chi connectivity index (χ2n) is 3.84. The van der Waals surface area contributed by atoms with Crippen LogP contribution in [-0.4, -0.2) is 0 Å². The summed E-state index contributed by atoms with van der Waals surface area (Å²) in [6.45, 7) is 3.53. The monoisotopic (exact) mass is 272 g/mol. The third-order valence-corrected chi connectivity index (χ3v) is 2.46. The number of hydrogen-bond acceptors (Lipinski definition) is 0.